The predicted octanol–water partition coefficient (Wildman–Crippen LogP) is 3.80. The molecule has 0 aliphatic carbocycles. The lowest BCUT2D eigenvalue weighted by molar-refractivity contribution is -0.113. The van der Waals surface area contributed by atoms with Crippen LogP contribution in [0.15, 0.2) is 56.7 Å². The first kappa shape index (κ1) is 22.9. The van der Waals surface area contributed by atoms with Gasteiger partial charge >= 0.3 is 0 Å². The van der Waals surface area contributed by atoms with E-state index in [1.807, 2.05) is 25.1 Å². The normalized spacial score (nSPS) is 12.6. The highest BCUT2D eigenvalue weighted by Crippen LogP contribution is 2.25. The molecule has 2 aromatic carbocycles. The lowest BCUT2D eigenvalue weighted by Gasteiger charge is -2.13. The van der Waals surface area contributed by atoms with Crippen LogP contribution in [-0.4, -0.2) is 39.8 Å². The molecule has 0 aliphatic heterocycles. The Bertz CT molecular complexity index is 918. The summed E-state index contributed by atoms with van der Waals surface area (Å²) in [5.41, 5.74) is 1.64. The third-order valence-electron chi connectivity index (χ3n) is 3.72. The van der Waals surface area contributed by atoms with Gasteiger partial charge < -0.3 is 10.1 Å². The summed E-state index contributed by atoms with van der Waals surface area (Å²) in [6.45, 7) is 4.00. The average Bonchev–Trinajstić information content (AvgIpc) is 2.61. The Hall–Kier alpha value is -1.39. The second-order valence-electron chi connectivity index (χ2n) is 6.25. The molecule has 0 spiro atoms. The zero-order valence-corrected chi connectivity index (χ0v) is 19.1. The molecule has 2 aromatic rings. The fourth-order valence-corrected chi connectivity index (χ4v) is 4.96. The molecule has 0 fully saturated rings. The molecule has 9 heteroatoms. The number of halogens is 1. The second kappa shape index (κ2) is 10.4. The number of ether oxygens (including phenoxy) is 1. The summed E-state index contributed by atoms with van der Waals surface area (Å²) in [6.07, 6.45) is 0. The van der Waals surface area contributed by atoms with E-state index in [-0.39, 0.29) is 29.2 Å². The van der Waals surface area contributed by atoms with Crippen molar-refractivity contribution in [2.24, 2.45) is 0 Å². The molecular weight excluding hydrogens is 464 g/mol. The van der Waals surface area contributed by atoms with Gasteiger partial charge in [-0.25, -0.2) is 13.1 Å². The number of amides is 1. The van der Waals surface area contributed by atoms with E-state index in [1.165, 1.54) is 31.0 Å². The molecule has 0 heterocycles. The minimum Gasteiger partial charge on any atom is -0.383 e. The van der Waals surface area contributed by atoms with Crippen molar-refractivity contribution < 1.29 is 17.9 Å². The minimum absolute atomic E-state index is 0.133. The highest BCUT2D eigenvalue weighted by Gasteiger charge is 2.17. The van der Waals surface area contributed by atoms with Crippen molar-refractivity contribution in [3.8, 4) is 0 Å². The number of thioether (sulfide) groups is 1. The van der Waals surface area contributed by atoms with Crippen LogP contribution in [0, 0.1) is 6.92 Å². The van der Waals surface area contributed by atoms with Crippen molar-refractivity contribution in [3.63, 3.8) is 0 Å². The van der Waals surface area contributed by atoms with Gasteiger partial charge in [0.1, 0.15) is 0 Å². The first-order chi connectivity index (χ1) is 13.2. The van der Waals surface area contributed by atoms with Gasteiger partial charge in [0.15, 0.2) is 0 Å². The fraction of sp³-hybridized carbons (Fsp3) is 0.316. The minimum atomic E-state index is -3.63. The number of sulfonamides is 1. The Morgan fingerprint density at radius 2 is 1.89 bits per heavy atom. The van der Waals surface area contributed by atoms with E-state index in [9.17, 15) is 13.2 Å². The van der Waals surface area contributed by atoms with Gasteiger partial charge in [0.2, 0.25) is 15.9 Å². The number of hydrogen-bond acceptors (Lipinski definition) is 5. The molecule has 1 atom stereocenters. The first-order valence-electron chi connectivity index (χ1n) is 8.51. The molecule has 0 radical (unpaired) electrons. The van der Waals surface area contributed by atoms with Gasteiger partial charge in [0, 0.05) is 28.2 Å². The van der Waals surface area contributed by atoms with Crippen LogP contribution in [0.4, 0.5) is 5.69 Å². The molecule has 1 amide bonds. The van der Waals surface area contributed by atoms with E-state index < -0.39 is 10.0 Å². The number of carbonyl (C=O) groups excluding carboxylic acids is 1. The first-order valence-corrected chi connectivity index (χ1v) is 11.8. The number of hydrogen-bond donors (Lipinski definition) is 2. The number of methoxy groups -OCH3 is 1. The number of benzene rings is 2. The Morgan fingerprint density at radius 3 is 2.50 bits per heavy atom. The summed E-state index contributed by atoms with van der Waals surface area (Å²) in [5, 5.41) is 2.78. The van der Waals surface area contributed by atoms with Crippen molar-refractivity contribution in [1.29, 1.82) is 0 Å². The van der Waals surface area contributed by atoms with Gasteiger partial charge in [-0.2, -0.15) is 0 Å². The monoisotopic (exact) mass is 486 g/mol. The standard InChI is InChI=1S/C19H23BrN2O4S2/c1-13-10-15(20)4-9-18(13)27-12-19(23)21-16-5-7-17(8-6-16)28(24,25)22-14(2)11-26-3/h4-10,14,22H,11-12H2,1-3H3,(H,21,23). The van der Waals surface area contributed by atoms with E-state index in [2.05, 4.69) is 26.0 Å². The lowest BCUT2D eigenvalue weighted by Crippen LogP contribution is -2.35. The number of rotatable bonds is 9. The van der Waals surface area contributed by atoms with Crippen LogP contribution in [0.5, 0.6) is 0 Å². The van der Waals surface area contributed by atoms with Gasteiger partial charge in [-0.1, -0.05) is 15.9 Å². The van der Waals surface area contributed by atoms with Crippen LogP contribution >= 0.6 is 27.7 Å². The summed E-state index contributed by atoms with van der Waals surface area (Å²) in [5.74, 6) is 0.105. The van der Waals surface area contributed by atoms with Gasteiger partial charge in [0.05, 0.1) is 17.3 Å². The van der Waals surface area contributed by atoms with Crippen LogP contribution < -0.4 is 10.0 Å². The topological polar surface area (TPSA) is 84.5 Å². The van der Waals surface area contributed by atoms with Crippen LogP contribution in [0.3, 0.4) is 0 Å². The van der Waals surface area contributed by atoms with E-state index in [4.69, 9.17) is 4.74 Å². The number of carbonyl (C=O) groups is 1. The summed E-state index contributed by atoms with van der Waals surface area (Å²) >= 11 is 4.87. The van der Waals surface area contributed by atoms with Gasteiger partial charge in [0.25, 0.3) is 0 Å². The molecule has 1 unspecified atom stereocenters. The lowest BCUT2D eigenvalue weighted by atomic mass is 10.2. The molecule has 2 rings (SSSR count). The van der Waals surface area contributed by atoms with Gasteiger partial charge in [-0.05, 0) is 61.9 Å². The molecule has 152 valence electrons. The zero-order valence-electron chi connectivity index (χ0n) is 15.9. The zero-order chi connectivity index (χ0) is 20.7. The number of anilines is 1. The summed E-state index contributed by atoms with van der Waals surface area (Å²) in [6, 6.07) is 11.6. The van der Waals surface area contributed by atoms with Crippen molar-refractivity contribution in [2.75, 3.05) is 24.8 Å². The Kier molecular flexibility index (Phi) is 8.51. The molecule has 0 saturated heterocycles. The third-order valence-corrected chi connectivity index (χ3v) is 6.99. The van der Waals surface area contributed by atoms with E-state index in [0.29, 0.717) is 5.69 Å². The van der Waals surface area contributed by atoms with E-state index >= 15 is 0 Å². The summed E-state index contributed by atoms with van der Waals surface area (Å²) in [7, 11) is -2.12. The second-order valence-corrected chi connectivity index (χ2v) is 9.90. The highest BCUT2D eigenvalue weighted by molar-refractivity contribution is 9.10. The Balaban J connectivity index is 1.93. The molecule has 2 N–H and O–H groups in total. The smallest absolute Gasteiger partial charge is 0.240 e. The third kappa shape index (κ3) is 6.89. The van der Waals surface area contributed by atoms with Crippen LogP contribution in [-0.2, 0) is 19.6 Å². The van der Waals surface area contributed by atoms with Crippen molar-refractivity contribution >= 4 is 49.3 Å². The predicted molar refractivity (Wildman–Crippen MR) is 116 cm³/mol. The molecule has 28 heavy (non-hydrogen) atoms. The molecule has 0 aromatic heterocycles. The van der Waals surface area contributed by atoms with Crippen molar-refractivity contribution in [3.05, 3.63) is 52.5 Å². The van der Waals surface area contributed by atoms with Crippen LogP contribution in [0.25, 0.3) is 0 Å². The van der Waals surface area contributed by atoms with Crippen LogP contribution in [0.2, 0.25) is 0 Å². The van der Waals surface area contributed by atoms with Crippen molar-refractivity contribution in [1.82, 2.24) is 4.72 Å². The summed E-state index contributed by atoms with van der Waals surface area (Å²) < 4.78 is 33.1. The quantitative estimate of drug-likeness (QED) is 0.526. The maximum Gasteiger partial charge on any atom is 0.240 e. The molecule has 0 saturated carbocycles. The number of nitrogens with one attached hydrogen (secondary N) is 2. The maximum atomic E-state index is 12.3. The Morgan fingerprint density at radius 1 is 1.21 bits per heavy atom. The highest BCUT2D eigenvalue weighted by atomic mass is 79.9. The Labute approximate surface area is 178 Å². The van der Waals surface area contributed by atoms with Crippen molar-refractivity contribution in [2.45, 2.75) is 29.7 Å². The van der Waals surface area contributed by atoms with Gasteiger partial charge in [-0.15, -0.1) is 11.8 Å². The SMILES string of the molecule is COCC(C)NS(=O)(=O)c1ccc(NC(=O)CSc2ccc(Br)cc2C)cc1. The molecule has 0 aliphatic rings. The molecule has 0 bridgehead atoms. The van der Waals surface area contributed by atoms with Crippen LogP contribution in [0.1, 0.15) is 12.5 Å². The largest absolute Gasteiger partial charge is 0.383 e. The van der Waals surface area contributed by atoms with E-state index in [0.717, 1.165) is 14.9 Å². The fourth-order valence-electron chi connectivity index (χ4n) is 2.45. The maximum absolute atomic E-state index is 12.3. The molecule has 6 nitrogen and oxygen atoms in total. The number of aryl methyl sites for hydroxylation is 1. The summed E-state index contributed by atoms with van der Waals surface area (Å²) in [4.78, 5) is 13.3. The van der Waals surface area contributed by atoms with Gasteiger partial charge in [-0.3, -0.25) is 4.79 Å². The average molecular weight is 487 g/mol. The van der Waals surface area contributed by atoms with E-state index in [1.54, 1.807) is 19.1 Å². The molecular formula is C19H23BrN2O4S2.